The zero-order chi connectivity index (χ0) is 9.90. The molecule has 0 bridgehead atoms. The van der Waals surface area contributed by atoms with E-state index in [1.807, 2.05) is 0 Å². The largest absolute Gasteiger partial charge is 0.377 e. The molecular weight excluding hydrogens is 162 g/mol. The third-order valence-electron chi connectivity index (χ3n) is 3.08. The number of rotatable bonds is 6. The molecule has 0 amide bonds. The van der Waals surface area contributed by atoms with Gasteiger partial charge in [-0.05, 0) is 32.7 Å². The van der Waals surface area contributed by atoms with Crippen LogP contribution in [0.4, 0.5) is 0 Å². The molecule has 0 heterocycles. The number of ether oxygens (including phenoxy) is 1. The molecule has 0 aromatic rings. The minimum Gasteiger partial charge on any atom is -0.377 e. The lowest BCUT2D eigenvalue weighted by Gasteiger charge is -2.33. The minimum atomic E-state index is -0.0292. The smallest absolute Gasteiger partial charge is 0.0775 e. The molecule has 1 N–H and O–H groups in total. The Hall–Kier alpha value is -0.0800. The maximum absolute atomic E-state index is 5.52. The summed E-state index contributed by atoms with van der Waals surface area (Å²) in [5.74, 6) is 0.957. The Labute approximate surface area is 82.0 Å². The molecule has 0 radical (unpaired) electrons. The number of nitrogens with one attached hydrogen (secondary N) is 1. The lowest BCUT2D eigenvalue weighted by atomic mass is 9.93. The number of methoxy groups -OCH3 is 1. The Morgan fingerprint density at radius 1 is 1.46 bits per heavy atom. The van der Waals surface area contributed by atoms with Crippen LogP contribution in [0.15, 0.2) is 0 Å². The van der Waals surface area contributed by atoms with Gasteiger partial charge in [-0.25, -0.2) is 0 Å². The van der Waals surface area contributed by atoms with Crippen molar-refractivity contribution in [3.05, 3.63) is 0 Å². The maximum atomic E-state index is 5.52. The van der Waals surface area contributed by atoms with Crippen LogP contribution in [0.3, 0.4) is 0 Å². The van der Waals surface area contributed by atoms with Crippen molar-refractivity contribution < 1.29 is 4.74 Å². The molecule has 1 aliphatic carbocycles. The first-order valence-corrected chi connectivity index (χ1v) is 5.38. The van der Waals surface area contributed by atoms with E-state index < -0.39 is 0 Å². The monoisotopic (exact) mass is 185 g/mol. The van der Waals surface area contributed by atoms with Crippen molar-refractivity contribution in [2.24, 2.45) is 5.92 Å². The van der Waals surface area contributed by atoms with Gasteiger partial charge in [-0.15, -0.1) is 0 Å². The van der Waals surface area contributed by atoms with Gasteiger partial charge in [-0.2, -0.15) is 0 Å². The SMILES string of the molecule is CCNC(CC1CC1)C(C)(C)OC. The van der Waals surface area contributed by atoms with Crippen LogP contribution in [0.5, 0.6) is 0 Å². The highest BCUT2D eigenvalue weighted by molar-refractivity contribution is 4.90. The van der Waals surface area contributed by atoms with Gasteiger partial charge in [0.25, 0.3) is 0 Å². The number of hydrogen-bond acceptors (Lipinski definition) is 2. The first-order valence-electron chi connectivity index (χ1n) is 5.38. The molecule has 1 unspecified atom stereocenters. The third kappa shape index (κ3) is 3.28. The summed E-state index contributed by atoms with van der Waals surface area (Å²) in [6.07, 6.45) is 4.11. The van der Waals surface area contributed by atoms with Crippen LogP contribution in [-0.4, -0.2) is 25.3 Å². The molecule has 1 rings (SSSR count). The van der Waals surface area contributed by atoms with Crippen LogP contribution in [0.25, 0.3) is 0 Å². The van der Waals surface area contributed by atoms with E-state index in [9.17, 15) is 0 Å². The quantitative estimate of drug-likeness (QED) is 0.685. The van der Waals surface area contributed by atoms with Gasteiger partial charge < -0.3 is 10.1 Å². The van der Waals surface area contributed by atoms with Crippen LogP contribution in [0, 0.1) is 5.92 Å². The summed E-state index contributed by atoms with van der Waals surface area (Å²) in [6, 6.07) is 0.509. The van der Waals surface area contributed by atoms with E-state index in [0.717, 1.165) is 12.5 Å². The molecule has 0 aromatic heterocycles. The zero-order valence-corrected chi connectivity index (χ0v) is 9.39. The van der Waals surface area contributed by atoms with Crippen molar-refractivity contribution in [2.45, 2.75) is 51.7 Å². The Morgan fingerprint density at radius 2 is 2.08 bits per heavy atom. The van der Waals surface area contributed by atoms with Gasteiger partial charge in [0.05, 0.1) is 5.60 Å². The lowest BCUT2D eigenvalue weighted by Crippen LogP contribution is -2.48. The van der Waals surface area contributed by atoms with Crippen LogP contribution in [0.2, 0.25) is 0 Å². The van der Waals surface area contributed by atoms with Crippen LogP contribution in [0.1, 0.15) is 40.0 Å². The van der Waals surface area contributed by atoms with Gasteiger partial charge in [0.1, 0.15) is 0 Å². The summed E-state index contributed by atoms with van der Waals surface area (Å²) in [4.78, 5) is 0. The second-order valence-electron chi connectivity index (χ2n) is 4.60. The molecule has 13 heavy (non-hydrogen) atoms. The second-order valence-corrected chi connectivity index (χ2v) is 4.60. The summed E-state index contributed by atoms with van der Waals surface area (Å²) in [5.41, 5.74) is -0.0292. The lowest BCUT2D eigenvalue weighted by molar-refractivity contribution is -0.0135. The fraction of sp³-hybridized carbons (Fsp3) is 1.00. The summed E-state index contributed by atoms with van der Waals surface area (Å²) in [7, 11) is 1.80. The Morgan fingerprint density at radius 3 is 2.46 bits per heavy atom. The second kappa shape index (κ2) is 4.43. The van der Waals surface area contributed by atoms with E-state index in [1.54, 1.807) is 7.11 Å². The zero-order valence-electron chi connectivity index (χ0n) is 9.39. The van der Waals surface area contributed by atoms with Gasteiger partial charge in [0.2, 0.25) is 0 Å². The normalized spacial score (nSPS) is 20.3. The Bertz CT molecular complexity index is 152. The van der Waals surface area contributed by atoms with Crippen molar-refractivity contribution in [3.63, 3.8) is 0 Å². The van der Waals surface area contributed by atoms with Crippen molar-refractivity contribution in [1.82, 2.24) is 5.32 Å². The van der Waals surface area contributed by atoms with E-state index in [-0.39, 0.29) is 5.60 Å². The van der Waals surface area contributed by atoms with Crippen molar-refractivity contribution >= 4 is 0 Å². The predicted octanol–water partition coefficient (Wildman–Crippen LogP) is 2.19. The van der Waals surface area contributed by atoms with E-state index in [0.29, 0.717) is 6.04 Å². The molecular formula is C11H23NO. The topological polar surface area (TPSA) is 21.3 Å². The molecule has 1 atom stereocenters. The van der Waals surface area contributed by atoms with Crippen LogP contribution < -0.4 is 5.32 Å². The van der Waals surface area contributed by atoms with Gasteiger partial charge in [-0.3, -0.25) is 0 Å². The predicted molar refractivity (Wildman–Crippen MR) is 55.9 cm³/mol. The molecule has 1 fully saturated rings. The van der Waals surface area contributed by atoms with Crippen molar-refractivity contribution in [3.8, 4) is 0 Å². The Kier molecular flexibility index (Phi) is 3.74. The standard InChI is InChI=1S/C11H23NO/c1-5-12-10(8-9-6-7-9)11(2,3)13-4/h9-10,12H,5-8H2,1-4H3. The summed E-state index contributed by atoms with van der Waals surface area (Å²) >= 11 is 0. The molecule has 0 spiro atoms. The van der Waals surface area contributed by atoms with E-state index in [4.69, 9.17) is 4.74 Å². The van der Waals surface area contributed by atoms with Crippen LogP contribution in [-0.2, 0) is 4.74 Å². The maximum Gasteiger partial charge on any atom is 0.0775 e. The van der Waals surface area contributed by atoms with Gasteiger partial charge in [0, 0.05) is 13.2 Å². The Balaban J connectivity index is 2.43. The van der Waals surface area contributed by atoms with Gasteiger partial charge in [0.15, 0.2) is 0 Å². The molecule has 0 saturated heterocycles. The van der Waals surface area contributed by atoms with E-state index >= 15 is 0 Å². The van der Waals surface area contributed by atoms with Crippen LogP contribution >= 0.6 is 0 Å². The average molecular weight is 185 g/mol. The first-order chi connectivity index (χ1) is 6.10. The van der Waals surface area contributed by atoms with Crippen molar-refractivity contribution in [1.29, 1.82) is 0 Å². The van der Waals surface area contributed by atoms with E-state index in [1.165, 1.54) is 19.3 Å². The molecule has 2 nitrogen and oxygen atoms in total. The number of hydrogen-bond donors (Lipinski definition) is 1. The fourth-order valence-electron chi connectivity index (χ4n) is 1.69. The highest BCUT2D eigenvalue weighted by Crippen LogP contribution is 2.36. The molecule has 78 valence electrons. The summed E-state index contributed by atoms with van der Waals surface area (Å²) < 4.78 is 5.52. The molecule has 1 aliphatic rings. The average Bonchev–Trinajstić information content (AvgIpc) is 2.87. The fourth-order valence-corrected chi connectivity index (χ4v) is 1.69. The van der Waals surface area contributed by atoms with Gasteiger partial charge in [-0.1, -0.05) is 19.8 Å². The molecule has 1 saturated carbocycles. The highest BCUT2D eigenvalue weighted by Gasteiger charge is 2.34. The third-order valence-corrected chi connectivity index (χ3v) is 3.08. The van der Waals surface area contributed by atoms with E-state index in [2.05, 4.69) is 26.1 Å². The summed E-state index contributed by atoms with van der Waals surface area (Å²) in [5, 5.41) is 3.52. The molecule has 2 heteroatoms. The number of likely N-dealkylation sites (N-methyl/N-ethyl adjacent to an activating group) is 1. The molecule has 0 aliphatic heterocycles. The minimum absolute atomic E-state index is 0.0292. The highest BCUT2D eigenvalue weighted by atomic mass is 16.5. The van der Waals surface area contributed by atoms with Crippen molar-refractivity contribution in [2.75, 3.05) is 13.7 Å². The molecule has 0 aromatic carbocycles. The summed E-state index contributed by atoms with van der Waals surface area (Å²) in [6.45, 7) is 7.53. The first kappa shape index (κ1) is 11.0. The van der Waals surface area contributed by atoms with Gasteiger partial charge >= 0.3 is 0 Å².